The largest absolute Gasteiger partial charge is 0.515 e. The van der Waals surface area contributed by atoms with Crippen LogP contribution in [-0.2, 0) is 30.0 Å². The number of hydrogen-bond donors (Lipinski definition) is 1. The van der Waals surface area contributed by atoms with Crippen molar-refractivity contribution in [3.63, 3.8) is 0 Å². The molecule has 0 fully saturated rings. The minimum atomic E-state index is -2.71. The SMILES string of the molecule is C1=Cc2cc3c(-c4ccccc4)c(-c4ccccc4)c(c(-c4ccccc4)c4nc(cc5ccc(cc1n2)[nH]5)C=C4)n3-c1ccccc1.C=C(C)C(=O)O[C-]1C(F)=C(F)C(c2ccccc2)=C(F)C1F.[Pd]. The van der Waals surface area contributed by atoms with Crippen LogP contribution in [0.15, 0.2) is 212 Å². The van der Waals surface area contributed by atoms with Crippen molar-refractivity contribution < 1.29 is 47.5 Å². The van der Waals surface area contributed by atoms with Crippen LogP contribution < -0.4 is 0 Å². The van der Waals surface area contributed by atoms with Gasteiger partial charge in [-0.3, -0.25) is 4.39 Å². The molecule has 0 spiro atoms. The number of carbonyl (C=O) groups excluding carboxylic acids is 1. The first-order valence-corrected chi connectivity index (χ1v) is 22.4. The van der Waals surface area contributed by atoms with Crippen LogP contribution >= 0.6 is 0 Å². The first-order valence-electron chi connectivity index (χ1n) is 22.4. The van der Waals surface area contributed by atoms with Gasteiger partial charge in [0.15, 0.2) is 0 Å². The molecule has 8 aromatic rings. The van der Waals surface area contributed by atoms with Gasteiger partial charge < -0.3 is 18.7 Å². The van der Waals surface area contributed by atoms with Crippen molar-refractivity contribution in [3.8, 4) is 39.1 Å². The van der Waals surface area contributed by atoms with Gasteiger partial charge in [-0.1, -0.05) is 146 Å². The van der Waals surface area contributed by atoms with E-state index in [9.17, 15) is 22.4 Å². The van der Waals surface area contributed by atoms with E-state index in [1.54, 1.807) is 6.07 Å². The Morgan fingerprint density at radius 3 is 1.62 bits per heavy atom. The van der Waals surface area contributed by atoms with Gasteiger partial charge in [-0.25, -0.2) is 23.5 Å². The van der Waals surface area contributed by atoms with E-state index in [0.717, 1.165) is 83.9 Å². The molecular weight excluding hydrogens is 991 g/mol. The number of esters is 1. The van der Waals surface area contributed by atoms with Crippen molar-refractivity contribution in [3.05, 3.63) is 246 Å². The van der Waals surface area contributed by atoms with E-state index >= 15 is 0 Å². The Kier molecular flexibility index (Phi) is 13.9. The number of carbonyl (C=O) groups is 1. The number of hydrogen-bond acceptors (Lipinski definition) is 4. The van der Waals surface area contributed by atoms with Crippen LogP contribution in [-0.4, -0.2) is 31.7 Å². The molecule has 5 heterocycles. The Hall–Kier alpha value is -8.36. The summed E-state index contributed by atoms with van der Waals surface area (Å²) in [5.41, 5.74) is 14.4. The van der Waals surface area contributed by atoms with Crippen LogP contribution in [0.25, 0.3) is 91.0 Å². The smallest absolute Gasteiger partial charge is 0.320 e. The van der Waals surface area contributed by atoms with Crippen molar-refractivity contribution >= 4 is 57.9 Å². The van der Waals surface area contributed by atoms with Crippen LogP contribution in [0.1, 0.15) is 35.3 Å². The third-order valence-electron chi connectivity index (χ3n) is 11.8. The third-order valence-corrected chi connectivity index (χ3v) is 11.8. The van der Waals surface area contributed by atoms with Gasteiger partial charge >= 0.3 is 5.97 Å². The number of para-hydroxylation sites is 1. The fourth-order valence-corrected chi connectivity index (χ4v) is 8.64. The first kappa shape index (κ1) is 47.7. The maximum atomic E-state index is 14.1. The van der Waals surface area contributed by atoms with Crippen molar-refractivity contribution in [2.24, 2.45) is 0 Å². The van der Waals surface area contributed by atoms with Gasteiger partial charge in [-0.05, 0) is 102 Å². The predicted octanol–water partition coefficient (Wildman–Crippen LogP) is 15.6. The summed E-state index contributed by atoms with van der Waals surface area (Å²) in [6.07, 6.45) is 4.38. The van der Waals surface area contributed by atoms with Crippen LogP contribution in [0.2, 0.25) is 0 Å². The second kappa shape index (κ2) is 20.7. The zero-order valence-electron chi connectivity index (χ0n) is 37.9. The average molecular weight is 1030 g/mol. The fraction of sp³-hybridized carbons (Fsp3) is 0.0333. The number of nitrogens with one attached hydrogen (secondary N) is 1. The number of rotatable bonds is 7. The number of halogens is 4. The molecule has 11 rings (SSSR count). The fourth-order valence-electron chi connectivity index (χ4n) is 8.64. The standard InChI is InChI=1S/C44H30N4.C16H11F4O2.Pd/c1-5-13-30(14-6-1)41-39-26-25-36(47-39)28-35-22-21-33(45-35)27-34-23-24-37(46-34)29-40-42(31-15-7-2-8-16-31)43(32-17-9-3-10-18-32)44(41)48(40)38-19-11-4-12-20-38;1-8(2)16(21)22-15-13(19)11(17)10(12(18)14(15)20)9-6-4-3-5-7-9;/h1-29,45H;3-7,13H,1H2,2H3;/q;-1;. The molecule has 0 radical (unpaired) electrons. The molecule has 6 nitrogen and oxygen atoms in total. The van der Waals surface area contributed by atoms with Gasteiger partial charge in [-0.2, -0.15) is 0 Å². The number of fused-ring (bicyclic) bond motifs is 8. The molecule has 352 valence electrons. The van der Waals surface area contributed by atoms with E-state index in [-0.39, 0.29) is 31.6 Å². The Bertz CT molecular complexity index is 3610. The van der Waals surface area contributed by atoms with Crippen molar-refractivity contribution in [2.75, 3.05) is 0 Å². The first-order chi connectivity index (χ1) is 34.1. The zero-order chi connectivity index (χ0) is 48.3. The molecule has 8 bridgehead atoms. The van der Waals surface area contributed by atoms with Gasteiger partial charge in [0.25, 0.3) is 0 Å². The molecule has 71 heavy (non-hydrogen) atoms. The molecule has 1 unspecified atom stereocenters. The van der Waals surface area contributed by atoms with Gasteiger partial charge in [0.2, 0.25) is 0 Å². The Morgan fingerprint density at radius 2 is 1.07 bits per heavy atom. The second-order valence-electron chi connectivity index (χ2n) is 16.6. The van der Waals surface area contributed by atoms with Crippen LogP contribution in [0.3, 0.4) is 0 Å². The minimum Gasteiger partial charge on any atom is -0.515 e. The number of aromatic nitrogens is 4. The summed E-state index contributed by atoms with van der Waals surface area (Å²) >= 11 is 0. The Balaban J connectivity index is 0.000000229. The van der Waals surface area contributed by atoms with Crippen molar-refractivity contribution in [1.29, 1.82) is 0 Å². The zero-order valence-corrected chi connectivity index (χ0v) is 39.5. The minimum absolute atomic E-state index is 0. The molecule has 3 aromatic heterocycles. The van der Waals surface area contributed by atoms with E-state index in [1.807, 2.05) is 0 Å². The van der Waals surface area contributed by atoms with Gasteiger partial charge in [0.1, 0.15) is 12.0 Å². The summed E-state index contributed by atoms with van der Waals surface area (Å²) in [7, 11) is 0. The van der Waals surface area contributed by atoms with Gasteiger partial charge in [0.05, 0.1) is 33.8 Å². The molecule has 0 saturated carbocycles. The maximum Gasteiger partial charge on any atom is 0.320 e. The predicted molar refractivity (Wildman–Crippen MR) is 273 cm³/mol. The summed E-state index contributed by atoms with van der Waals surface area (Å²) in [6.45, 7) is 4.46. The van der Waals surface area contributed by atoms with E-state index in [2.05, 4.69) is 197 Å². The molecule has 0 amide bonds. The van der Waals surface area contributed by atoms with Gasteiger partial charge in [0, 0.05) is 77.2 Å². The van der Waals surface area contributed by atoms with Crippen LogP contribution in [0.5, 0.6) is 0 Å². The number of nitrogens with zero attached hydrogens (tertiary/aromatic N) is 3. The third kappa shape index (κ3) is 9.66. The van der Waals surface area contributed by atoms with Crippen molar-refractivity contribution in [2.45, 2.75) is 13.1 Å². The molecule has 1 aliphatic carbocycles. The van der Waals surface area contributed by atoms with Crippen LogP contribution in [0.4, 0.5) is 17.6 Å². The maximum absolute atomic E-state index is 14.1. The molecule has 11 heteroatoms. The van der Waals surface area contributed by atoms with E-state index in [1.165, 1.54) is 31.2 Å². The van der Waals surface area contributed by atoms with Crippen LogP contribution in [0, 0.1) is 6.10 Å². The average Bonchev–Trinajstić information content (AvgIpc) is 4.22. The summed E-state index contributed by atoms with van der Waals surface area (Å²) in [5, 5.41) is 0. The number of aromatic amines is 1. The monoisotopic (exact) mass is 1030 g/mol. The second-order valence-corrected chi connectivity index (χ2v) is 16.6. The molecular formula is C60H41F4N4O2Pd-. The normalized spacial score (nSPS) is 13.9. The Labute approximate surface area is 421 Å². The number of ether oxygens (including phenoxy) is 1. The quantitative estimate of drug-likeness (QED) is 0.0568. The van der Waals surface area contributed by atoms with E-state index in [4.69, 9.17) is 9.97 Å². The number of allylic oxidation sites excluding steroid dienone is 2. The number of H-pyrrole nitrogens is 1. The van der Waals surface area contributed by atoms with Gasteiger partial charge in [-0.15, -0.1) is 0 Å². The summed E-state index contributed by atoms with van der Waals surface area (Å²) in [5.74, 6) is -6.10. The summed E-state index contributed by atoms with van der Waals surface area (Å²) < 4.78 is 62.9. The molecule has 5 aromatic carbocycles. The van der Waals surface area contributed by atoms with E-state index in [0.29, 0.717) is 0 Å². The summed E-state index contributed by atoms with van der Waals surface area (Å²) in [4.78, 5) is 25.2. The van der Waals surface area contributed by atoms with E-state index < -0.39 is 41.3 Å². The van der Waals surface area contributed by atoms with Crippen molar-refractivity contribution in [1.82, 2.24) is 19.5 Å². The number of benzene rings is 5. The topological polar surface area (TPSA) is 72.8 Å². The Morgan fingerprint density at radius 1 is 0.606 bits per heavy atom. The molecule has 3 aliphatic rings. The summed E-state index contributed by atoms with van der Waals surface area (Å²) in [6, 6.07) is 60.5. The molecule has 1 N–H and O–H groups in total. The molecule has 0 saturated heterocycles. The number of alkyl halides is 1. The molecule has 1 atom stereocenters. The molecule has 2 aliphatic heterocycles.